The van der Waals surface area contributed by atoms with Crippen molar-refractivity contribution in [3.8, 4) is 0 Å². The van der Waals surface area contributed by atoms with Crippen molar-refractivity contribution in [3.63, 3.8) is 0 Å². The van der Waals surface area contributed by atoms with Gasteiger partial charge in [-0.05, 0) is 51.4 Å². The fourth-order valence-electron chi connectivity index (χ4n) is 6.30. The number of esters is 2. The van der Waals surface area contributed by atoms with Crippen molar-refractivity contribution in [2.24, 2.45) is 0 Å². The van der Waals surface area contributed by atoms with E-state index in [4.69, 9.17) is 18.9 Å². The van der Waals surface area contributed by atoms with Crippen LogP contribution >= 0.6 is 0 Å². The highest BCUT2D eigenvalue weighted by Gasteiger charge is 2.44. The average molecular weight is 779 g/mol. The Morgan fingerprint density at radius 2 is 1.07 bits per heavy atom. The van der Waals surface area contributed by atoms with Gasteiger partial charge in [-0.2, -0.15) is 0 Å². The molecule has 0 amide bonds. The standard InChI is InChI=1S/C45H78O10/c1-3-5-7-9-11-13-15-17-19-21-23-25-27-29-31-33-40(47)52-36-38(37-53-45-44(51)43(50)42(49)39(35-46)55-45)54-41(48)34-32-30-28-26-24-22-20-18-16-14-12-10-8-6-4-2/h6,8,12,14,18,20,24,26,38-39,42-46,49-51H,3-5,7,9-11,13,15-17,19,21-23,25,27-37H2,1-2H3/b8-6+,14-12+,20-18+,26-24+/t38-,39-,42+,43?,44?,45-/m0/s1. The molecule has 1 aliphatic rings. The minimum atomic E-state index is -1.60. The predicted octanol–water partition coefficient (Wildman–Crippen LogP) is 8.88. The summed E-state index contributed by atoms with van der Waals surface area (Å²) in [7, 11) is 0. The molecular weight excluding hydrogens is 700 g/mol. The van der Waals surface area contributed by atoms with E-state index >= 15 is 0 Å². The molecule has 0 aliphatic carbocycles. The SMILES string of the molecule is CC/C=C/C/C=C/C/C=C/C/C=C/CCCCC(=O)O[C@@H](COC(=O)CCCCCCCCCCCCCCCCC)CO[C@H]1O[C@@H](CO)[C@@H](O)C(O)C1O. The molecule has 0 aromatic heterocycles. The Morgan fingerprint density at radius 1 is 0.582 bits per heavy atom. The summed E-state index contributed by atoms with van der Waals surface area (Å²) in [5.74, 6) is -0.854. The van der Waals surface area contributed by atoms with Crippen LogP contribution in [0.25, 0.3) is 0 Å². The van der Waals surface area contributed by atoms with Gasteiger partial charge in [0, 0.05) is 12.8 Å². The Morgan fingerprint density at radius 3 is 1.62 bits per heavy atom. The largest absolute Gasteiger partial charge is 0.462 e. The summed E-state index contributed by atoms with van der Waals surface area (Å²) < 4.78 is 22.1. The molecule has 0 saturated carbocycles. The van der Waals surface area contributed by atoms with Crippen molar-refractivity contribution in [3.05, 3.63) is 48.6 Å². The van der Waals surface area contributed by atoms with Gasteiger partial charge in [-0.25, -0.2) is 0 Å². The molecule has 10 nitrogen and oxygen atoms in total. The fraction of sp³-hybridized carbons (Fsp3) is 0.778. The lowest BCUT2D eigenvalue weighted by atomic mass is 9.99. The van der Waals surface area contributed by atoms with Crippen molar-refractivity contribution in [2.45, 2.75) is 205 Å². The van der Waals surface area contributed by atoms with Gasteiger partial charge in [0.15, 0.2) is 12.4 Å². The molecule has 4 N–H and O–H groups in total. The molecule has 2 unspecified atom stereocenters. The van der Waals surface area contributed by atoms with Crippen molar-refractivity contribution < 1.29 is 49.0 Å². The second-order valence-electron chi connectivity index (χ2n) is 14.8. The summed E-state index contributed by atoms with van der Waals surface area (Å²) in [6, 6.07) is 0. The predicted molar refractivity (Wildman–Crippen MR) is 219 cm³/mol. The summed E-state index contributed by atoms with van der Waals surface area (Å²) in [5, 5.41) is 40.0. The van der Waals surface area contributed by atoms with E-state index in [-0.39, 0.29) is 32.0 Å². The molecule has 318 valence electrons. The van der Waals surface area contributed by atoms with Crippen molar-refractivity contribution in [1.29, 1.82) is 0 Å². The van der Waals surface area contributed by atoms with Gasteiger partial charge in [0.1, 0.15) is 31.0 Å². The molecule has 1 fully saturated rings. The monoisotopic (exact) mass is 779 g/mol. The van der Waals surface area contributed by atoms with Crippen LogP contribution in [0.1, 0.15) is 168 Å². The maximum Gasteiger partial charge on any atom is 0.306 e. The molecular formula is C45H78O10. The van der Waals surface area contributed by atoms with Crippen LogP contribution in [0.2, 0.25) is 0 Å². The summed E-state index contributed by atoms with van der Waals surface area (Å²) in [5.41, 5.74) is 0. The molecule has 1 aliphatic heterocycles. The van der Waals surface area contributed by atoms with Crippen LogP contribution < -0.4 is 0 Å². The van der Waals surface area contributed by atoms with E-state index in [0.29, 0.717) is 6.42 Å². The van der Waals surface area contributed by atoms with Gasteiger partial charge < -0.3 is 39.4 Å². The van der Waals surface area contributed by atoms with Crippen LogP contribution in [-0.4, -0.2) is 89.0 Å². The minimum absolute atomic E-state index is 0.178. The molecule has 0 aromatic rings. The number of carbonyl (C=O) groups excluding carboxylic acids is 2. The van der Waals surface area contributed by atoms with Crippen molar-refractivity contribution in [2.75, 3.05) is 19.8 Å². The number of allylic oxidation sites excluding steroid dienone is 8. The summed E-state index contributed by atoms with van der Waals surface area (Å²) in [4.78, 5) is 25.3. The van der Waals surface area contributed by atoms with Gasteiger partial charge in [-0.15, -0.1) is 0 Å². The molecule has 0 spiro atoms. The van der Waals surface area contributed by atoms with Gasteiger partial charge in [0.2, 0.25) is 0 Å². The van der Waals surface area contributed by atoms with Crippen LogP contribution in [0.15, 0.2) is 48.6 Å². The molecule has 1 rings (SSSR count). The third-order valence-electron chi connectivity index (χ3n) is 9.73. The lowest BCUT2D eigenvalue weighted by Gasteiger charge is -2.39. The Labute approximate surface area is 333 Å². The summed E-state index contributed by atoms with van der Waals surface area (Å²) >= 11 is 0. The first-order valence-electron chi connectivity index (χ1n) is 21.7. The molecule has 55 heavy (non-hydrogen) atoms. The minimum Gasteiger partial charge on any atom is -0.462 e. The zero-order chi connectivity index (χ0) is 40.2. The summed E-state index contributed by atoms with van der Waals surface area (Å²) in [6.07, 6.45) is 34.1. The van der Waals surface area contributed by atoms with Gasteiger partial charge >= 0.3 is 11.9 Å². The highest BCUT2D eigenvalue weighted by atomic mass is 16.7. The van der Waals surface area contributed by atoms with Crippen LogP contribution in [0.3, 0.4) is 0 Å². The number of ether oxygens (including phenoxy) is 4. The normalized spacial score (nSPS) is 21.0. The topological polar surface area (TPSA) is 152 Å². The number of aliphatic hydroxyl groups excluding tert-OH is 4. The van der Waals surface area contributed by atoms with Crippen LogP contribution in [0, 0.1) is 0 Å². The Hall–Kier alpha value is -2.34. The number of unbranched alkanes of at least 4 members (excludes halogenated alkanes) is 16. The maximum absolute atomic E-state index is 12.7. The van der Waals surface area contributed by atoms with Gasteiger partial charge in [0.05, 0.1) is 13.2 Å². The van der Waals surface area contributed by atoms with E-state index in [1.807, 2.05) is 0 Å². The molecule has 6 atom stereocenters. The van der Waals surface area contributed by atoms with Crippen molar-refractivity contribution in [1.82, 2.24) is 0 Å². The first-order valence-corrected chi connectivity index (χ1v) is 21.7. The van der Waals surface area contributed by atoms with Gasteiger partial charge in [0.25, 0.3) is 0 Å². The molecule has 1 saturated heterocycles. The van der Waals surface area contributed by atoms with E-state index in [1.54, 1.807) is 0 Å². The third kappa shape index (κ3) is 27.8. The highest BCUT2D eigenvalue weighted by Crippen LogP contribution is 2.22. The first-order chi connectivity index (χ1) is 26.8. The number of aliphatic hydroxyl groups is 4. The van der Waals surface area contributed by atoms with Crippen LogP contribution in [-0.2, 0) is 28.5 Å². The van der Waals surface area contributed by atoms with Gasteiger partial charge in [-0.1, -0.05) is 152 Å². The van der Waals surface area contributed by atoms with E-state index in [9.17, 15) is 30.0 Å². The average Bonchev–Trinajstić information content (AvgIpc) is 3.18. The lowest BCUT2D eigenvalue weighted by molar-refractivity contribution is -0.305. The van der Waals surface area contributed by atoms with E-state index in [1.165, 1.54) is 77.0 Å². The van der Waals surface area contributed by atoms with E-state index in [0.717, 1.165) is 57.8 Å². The fourth-order valence-corrected chi connectivity index (χ4v) is 6.30. The van der Waals surface area contributed by atoms with E-state index in [2.05, 4.69) is 62.5 Å². The maximum atomic E-state index is 12.7. The first kappa shape index (κ1) is 50.7. The van der Waals surface area contributed by atoms with Crippen molar-refractivity contribution >= 4 is 11.9 Å². The number of hydrogen-bond donors (Lipinski definition) is 4. The Balaban J connectivity index is 2.38. The second-order valence-corrected chi connectivity index (χ2v) is 14.8. The molecule has 10 heteroatoms. The smallest absolute Gasteiger partial charge is 0.306 e. The molecule has 1 heterocycles. The lowest BCUT2D eigenvalue weighted by Crippen LogP contribution is -2.59. The van der Waals surface area contributed by atoms with Crippen LogP contribution in [0.4, 0.5) is 0 Å². The third-order valence-corrected chi connectivity index (χ3v) is 9.73. The Bertz CT molecular complexity index is 1040. The van der Waals surface area contributed by atoms with E-state index < -0.39 is 49.4 Å². The zero-order valence-corrected chi connectivity index (χ0v) is 34.4. The number of hydrogen-bond acceptors (Lipinski definition) is 10. The molecule has 0 radical (unpaired) electrons. The quantitative estimate of drug-likeness (QED) is 0.0279. The summed E-state index contributed by atoms with van der Waals surface area (Å²) in [6.45, 7) is 3.26. The molecule has 0 aromatic carbocycles. The number of carbonyl (C=O) groups is 2. The highest BCUT2D eigenvalue weighted by molar-refractivity contribution is 5.70. The zero-order valence-electron chi connectivity index (χ0n) is 34.4. The van der Waals surface area contributed by atoms with Crippen LogP contribution in [0.5, 0.6) is 0 Å². The second kappa shape index (κ2) is 36.0. The van der Waals surface area contributed by atoms with Gasteiger partial charge in [-0.3, -0.25) is 9.59 Å². The Kier molecular flexibility index (Phi) is 33.2. The number of rotatable bonds is 35. The molecule has 0 bridgehead atoms.